The molecule has 1 saturated heterocycles. The molecule has 22 heavy (non-hydrogen) atoms. The molecule has 0 aliphatic carbocycles. The highest BCUT2D eigenvalue weighted by Gasteiger charge is 2.29. The molecule has 118 valence electrons. The van der Waals surface area contributed by atoms with E-state index in [1.54, 1.807) is 29.2 Å². The van der Waals surface area contributed by atoms with Crippen molar-refractivity contribution in [3.05, 3.63) is 35.9 Å². The molecule has 6 nitrogen and oxygen atoms in total. The van der Waals surface area contributed by atoms with Crippen molar-refractivity contribution < 1.29 is 14.4 Å². The maximum absolute atomic E-state index is 12.3. The van der Waals surface area contributed by atoms with Crippen molar-refractivity contribution >= 4 is 17.7 Å². The first kappa shape index (κ1) is 16.0. The number of primary amides is 1. The van der Waals surface area contributed by atoms with E-state index in [9.17, 15) is 14.4 Å². The number of hydrogen-bond donors (Lipinski definition) is 2. The lowest BCUT2D eigenvalue weighted by Gasteiger charge is -2.31. The lowest BCUT2D eigenvalue weighted by atomic mass is 9.95. The van der Waals surface area contributed by atoms with Crippen molar-refractivity contribution in [1.29, 1.82) is 0 Å². The third kappa shape index (κ3) is 3.84. The van der Waals surface area contributed by atoms with Gasteiger partial charge in [-0.3, -0.25) is 14.4 Å². The molecule has 1 heterocycles. The minimum absolute atomic E-state index is 0.0261. The molecule has 3 N–H and O–H groups in total. The number of carbonyl (C=O) groups is 3. The second-order valence-corrected chi connectivity index (χ2v) is 5.53. The van der Waals surface area contributed by atoms with Gasteiger partial charge >= 0.3 is 0 Å². The Morgan fingerprint density at radius 1 is 1.18 bits per heavy atom. The predicted molar refractivity (Wildman–Crippen MR) is 81.5 cm³/mol. The molecule has 0 bridgehead atoms. The lowest BCUT2D eigenvalue weighted by Crippen LogP contribution is -2.45. The van der Waals surface area contributed by atoms with Crippen LogP contribution in [0, 0.1) is 5.92 Å². The smallest absolute Gasteiger partial charge is 0.244 e. The van der Waals surface area contributed by atoms with Crippen molar-refractivity contribution in [3.8, 4) is 0 Å². The molecule has 1 aliphatic heterocycles. The summed E-state index contributed by atoms with van der Waals surface area (Å²) in [5.41, 5.74) is 6.07. The molecule has 0 aromatic heterocycles. The van der Waals surface area contributed by atoms with E-state index < -0.39 is 11.9 Å². The van der Waals surface area contributed by atoms with Gasteiger partial charge in [-0.15, -0.1) is 0 Å². The molecule has 0 saturated carbocycles. The largest absolute Gasteiger partial charge is 0.368 e. The lowest BCUT2D eigenvalue weighted by molar-refractivity contribution is -0.135. The summed E-state index contributed by atoms with van der Waals surface area (Å²) in [5, 5.41) is 2.73. The van der Waals surface area contributed by atoms with Crippen molar-refractivity contribution in [2.75, 3.05) is 13.1 Å². The van der Waals surface area contributed by atoms with Gasteiger partial charge in [0.05, 0.1) is 0 Å². The Kier molecular flexibility index (Phi) is 5.14. The summed E-state index contributed by atoms with van der Waals surface area (Å²) in [6.45, 7) is 2.67. The standard InChI is InChI=1S/C16H21N3O3/c1-11(20)19-9-7-13(8-10-19)16(22)18-14(15(17)21)12-5-3-2-4-6-12/h2-6,13-14H,7-10H2,1H3,(H2,17,21)(H,18,22)/t14-/m1/s1. The Hall–Kier alpha value is -2.37. The number of piperidine rings is 1. The van der Waals surface area contributed by atoms with Gasteiger partial charge in [-0.2, -0.15) is 0 Å². The first-order chi connectivity index (χ1) is 10.5. The van der Waals surface area contributed by atoms with E-state index in [0.717, 1.165) is 0 Å². The molecule has 3 amide bonds. The summed E-state index contributed by atoms with van der Waals surface area (Å²) in [7, 11) is 0. The number of hydrogen-bond acceptors (Lipinski definition) is 3. The highest BCUT2D eigenvalue weighted by molar-refractivity contribution is 5.88. The first-order valence-electron chi connectivity index (χ1n) is 7.39. The molecule has 1 atom stereocenters. The van der Waals surface area contributed by atoms with Crippen LogP contribution < -0.4 is 11.1 Å². The normalized spacial score (nSPS) is 16.9. The summed E-state index contributed by atoms with van der Waals surface area (Å²) in [6.07, 6.45) is 1.21. The molecular weight excluding hydrogens is 282 g/mol. The molecule has 1 fully saturated rings. The fourth-order valence-electron chi connectivity index (χ4n) is 2.68. The Bertz CT molecular complexity index is 551. The highest BCUT2D eigenvalue weighted by Crippen LogP contribution is 2.19. The second-order valence-electron chi connectivity index (χ2n) is 5.53. The Morgan fingerprint density at radius 2 is 1.77 bits per heavy atom. The van der Waals surface area contributed by atoms with E-state index in [1.807, 2.05) is 6.07 Å². The second kappa shape index (κ2) is 7.06. The molecule has 0 radical (unpaired) electrons. The van der Waals surface area contributed by atoms with Crippen LogP contribution in [-0.2, 0) is 14.4 Å². The van der Waals surface area contributed by atoms with Gasteiger partial charge in [0.1, 0.15) is 6.04 Å². The van der Waals surface area contributed by atoms with Crippen molar-refractivity contribution in [2.24, 2.45) is 11.7 Å². The molecule has 0 spiro atoms. The molecular formula is C16H21N3O3. The van der Waals surface area contributed by atoms with Crippen LogP contribution in [0.2, 0.25) is 0 Å². The minimum Gasteiger partial charge on any atom is -0.368 e. The van der Waals surface area contributed by atoms with Gasteiger partial charge in [-0.1, -0.05) is 30.3 Å². The van der Waals surface area contributed by atoms with E-state index in [1.165, 1.54) is 6.92 Å². The van der Waals surface area contributed by atoms with Crippen LogP contribution in [0.1, 0.15) is 31.4 Å². The number of likely N-dealkylation sites (tertiary alicyclic amines) is 1. The van der Waals surface area contributed by atoms with Gasteiger partial charge in [-0.25, -0.2) is 0 Å². The van der Waals surface area contributed by atoms with E-state index in [4.69, 9.17) is 5.73 Å². The Morgan fingerprint density at radius 3 is 2.27 bits per heavy atom. The molecule has 2 rings (SSSR count). The average Bonchev–Trinajstić information content (AvgIpc) is 2.53. The van der Waals surface area contributed by atoms with Crippen LogP contribution in [-0.4, -0.2) is 35.7 Å². The quantitative estimate of drug-likeness (QED) is 0.852. The molecule has 1 aromatic rings. The summed E-state index contributed by atoms with van der Waals surface area (Å²) < 4.78 is 0. The van der Waals surface area contributed by atoms with Crippen LogP contribution in [0.5, 0.6) is 0 Å². The van der Waals surface area contributed by atoms with Crippen LogP contribution in [0.3, 0.4) is 0 Å². The molecule has 1 aromatic carbocycles. The summed E-state index contributed by atoms with van der Waals surface area (Å²) >= 11 is 0. The van der Waals surface area contributed by atoms with E-state index in [0.29, 0.717) is 31.5 Å². The summed E-state index contributed by atoms with van der Waals surface area (Å²) in [6, 6.07) is 8.12. The van der Waals surface area contributed by atoms with Crippen LogP contribution in [0.15, 0.2) is 30.3 Å². The van der Waals surface area contributed by atoms with Gasteiger partial charge < -0.3 is 16.0 Å². The fourth-order valence-corrected chi connectivity index (χ4v) is 2.68. The SMILES string of the molecule is CC(=O)N1CCC(C(=O)N[C@@H](C(N)=O)c2ccccc2)CC1. The average molecular weight is 303 g/mol. The minimum atomic E-state index is -0.820. The molecule has 6 heteroatoms. The van der Waals surface area contributed by atoms with Crippen molar-refractivity contribution in [3.63, 3.8) is 0 Å². The van der Waals surface area contributed by atoms with Gasteiger partial charge in [-0.05, 0) is 18.4 Å². The van der Waals surface area contributed by atoms with Gasteiger partial charge in [0.15, 0.2) is 0 Å². The zero-order valence-corrected chi connectivity index (χ0v) is 12.6. The maximum Gasteiger partial charge on any atom is 0.244 e. The van der Waals surface area contributed by atoms with Crippen LogP contribution >= 0.6 is 0 Å². The van der Waals surface area contributed by atoms with Gasteiger partial charge in [0.2, 0.25) is 17.7 Å². The van der Waals surface area contributed by atoms with Crippen molar-refractivity contribution in [2.45, 2.75) is 25.8 Å². The predicted octanol–water partition coefficient (Wildman–Crippen LogP) is 0.588. The number of carbonyl (C=O) groups excluding carboxylic acids is 3. The van der Waals surface area contributed by atoms with Crippen LogP contribution in [0.4, 0.5) is 0 Å². The number of nitrogens with two attached hydrogens (primary N) is 1. The summed E-state index contributed by atoms with van der Waals surface area (Å²) in [5.74, 6) is -0.934. The van der Waals surface area contributed by atoms with Crippen molar-refractivity contribution in [1.82, 2.24) is 10.2 Å². The third-order valence-electron chi connectivity index (χ3n) is 4.02. The fraction of sp³-hybridized carbons (Fsp3) is 0.438. The van der Waals surface area contributed by atoms with E-state index in [2.05, 4.69) is 5.32 Å². The highest BCUT2D eigenvalue weighted by atomic mass is 16.2. The van der Waals surface area contributed by atoms with E-state index in [-0.39, 0.29) is 17.7 Å². The maximum atomic E-state index is 12.3. The molecule has 0 unspecified atom stereocenters. The van der Waals surface area contributed by atoms with E-state index >= 15 is 0 Å². The first-order valence-corrected chi connectivity index (χ1v) is 7.39. The topological polar surface area (TPSA) is 92.5 Å². The monoisotopic (exact) mass is 303 g/mol. The number of rotatable bonds is 4. The third-order valence-corrected chi connectivity index (χ3v) is 4.02. The van der Waals surface area contributed by atoms with Gasteiger partial charge in [0, 0.05) is 25.9 Å². The summed E-state index contributed by atoms with van der Waals surface area (Å²) in [4.78, 5) is 37.0. The zero-order chi connectivity index (χ0) is 16.1. The number of nitrogens with zero attached hydrogens (tertiary/aromatic N) is 1. The zero-order valence-electron chi connectivity index (χ0n) is 12.6. The number of amides is 3. The Labute approximate surface area is 129 Å². The van der Waals surface area contributed by atoms with Crippen LogP contribution in [0.25, 0.3) is 0 Å². The number of nitrogens with one attached hydrogen (secondary N) is 1. The van der Waals surface area contributed by atoms with Gasteiger partial charge in [0.25, 0.3) is 0 Å². The molecule has 1 aliphatic rings. The Balaban J connectivity index is 1.98. The number of benzene rings is 1.